The Balaban J connectivity index is 1.35. The molecule has 38 heavy (non-hydrogen) atoms. The number of hydrogen-bond donors (Lipinski definition) is 2. The quantitative estimate of drug-likeness (QED) is 0.381. The van der Waals surface area contributed by atoms with E-state index in [1.54, 1.807) is 29.2 Å². The van der Waals surface area contributed by atoms with E-state index >= 15 is 0 Å². The van der Waals surface area contributed by atoms with E-state index in [1.807, 2.05) is 13.8 Å². The minimum Gasteiger partial charge on any atom is -0.391 e. The highest BCUT2D eigenvalue weighted by Gasteiger charge is 2.34. The minimum absolute atomic E-state index is 0.0561. The number of likely N-dealkylation sites (tertiary alicyclic amines) is 1. The van der Waals surface area contributed by atoms with Crippen LogP contribution in [0.4, 0.5) is 4.39 Å². The molecule has 3 aromatic rings. The number of nitrogens with zero attached hydrogens (tertiary/aromatic N) is 3. The molecule has 0 aliphatic carbocycles. The van der Waals surface area contributed by atoms with Gasteiger partial charge in [0.2, 0.25) is 0 Å². The molecule has 3 atom stereocenters. The van der Waals surface area contributed by atoms with Gasteiger partial charge >= 0.3 is 0 Å². The Morgan fingerprint density at radius 3 is 2.47 bits per heavy atom. The molecule has 8 nitrogen and oxygen atoms in total. The van der Waals surface area contributed by atoms with Crippen molar-refractivity contribution < 1.29 is 23.9 Å². The molecular weight excluding hydrogens is 511 g/mol. The number of ketones is 1. The average molecular weight is 541 g/mol. The first-order valence-corrected chi connectivity index (χ1v) is 13.1. The van der Waals surface area contributed by atoms with Crippen molar-refractivity contribution in [1.82, 2.24) is 19.7 Å². The molecule has 2 fully saturated rings. The van der Waals surface area contributed by atoms with Crippen LogP contribution in [0.5, 0.6) is 0 Å². The summed E-state index contributed by atoms with van der Waals surface area (Å²) in [6.07, 6.45) is 1.27. The molecule has 5 rings (SSSR count). The van der Waals surface area contributed by atoms with E-state index in [-0.39, 0.29) is 46.5 Å². The maximum atomic E-state index is 13.7. The van der Waals surface area contributed by atoms with E-state index in [2.05, 4.69) is 9.88 Å². The molecule has 2 aliphatic heterocycles. The molecule has 3 heterocycles. The van der Waals surface area contributed by atoms with Crippen LogP contribution >= 0.6 is 11.6 Å². The van der Waals surface area contributed by atoms with E-state index in [1.165, 1.54) is 23.2 Å². The molecule has 2 aromatic carbocycles. The van der Waals surface area contributed by atoms with Crippen LogP contribution < -0.4 is 0 Å². The second kappa shape index (κ2) is 10.5. The van der Waals surface area contributed by atoms with Gasteiger partial charge in [-0.3, -0.25) is 19.3 Å². The van der Waals surface area contributed by atoms with Crippen LogP contribution in [0.15, 0.2) is 42.6 Å². The number of aromatic nitrogens is 1. The summed E-state index contributed by atoms with van der Waals surface area (Å²) in [6.45, 7) is 6.24. The largest absolute Gasteiger partial charge is 0.391 e. The molecule has 200 valence electrons. The van der Waals surface area contributed by atoms with Crippen molar-refractivity contribution in [2.45, 2.75) is 45.0 Å². The van der Waals surface area contributed by atoms with E-state index in [4.69, 9.17) is 11.6 Å². The number of carbonyl (C=O) groups excluding carboxylic acids is 3. The van der Waals surface area contributed by atoms with Crippen LogP contribution in [0.1, 0.15) is 46.5 Å². The number of benzene rings is 2. The topological polar surface area (TPSA) is 97.0 Å². The van der Waals surface area contributed by atoms with Crippen LogP contribution in [0.25, 0.3) is 10.9 Å². The Kier molecular flexibility index (Phi) is 7.26. The van der Waals surface area contributed by atoms with Crippen molar-refractivity contribution >= 4 is 40.1 Å². The van der Waals surface area contributed by atoms with Crippen molar-refractivity contribution in [3.05, 3.63) is 70.1 Å². The number of aliphatic hydroxyl groups is 1. The Hall–Kier alpha value is -3.27. The fourth-order valence-electron chi connectivity index (χ4n) is 5.36. The molecule has 10 heteroatoms. The number of hydrogen-bond acceptors (Lipinski definition) is 5. The second-order valence-corrected chi connectivity index (χ2v) is 10.7. The van der Waals surface area contributed by atoms with Crippen molar-refractivity contribution in [3.8, 4) is 0 Å². The summed E-state index contributed by atoms with van der Waals surface area (Å²) in [4.78, 5) is 47.8. The lowest BCUT2D eigenvalue weighted by molar-refractivity contribution is -0.125. The molecule has 2 saturated heterocycles. The van der Waals surface area contributed by atoms with Crippen LogP contribution in [-0.2, 0) is 11.3 Å². The lowest BCUT2D eigenvalue weighted by Crippen LogP contribution is -2.57. The van der Waals surface area contributed by atoms with E-state index in [0.717, 1.165) is 5.56 Å². The molecule has 2 amide bonds. The van der Waals surface area contributed by atoms with Gasteiger partial charge in [-0.2, -0.15) is 0 Å². The molecule has 0 unspecified atom stereocenters. The molecule has 0 bridgehead atoms. The summed E-state index contributed by atoms with van der Waals surface area (Å²) >= 11 is 6.52. The number of Topliss-reactive ketones (excluding diaryl/α,β-unsaturated/α-hetero) is 1. The number of H-pyrrole nitrogens is 1. The highest BCUT2D eigenvalue weighted by molar-refractivity contribution is 6.45. The number of β-amino-alcohol motifs (C(OH)–C–C–N with tert-alkyl or cyclic N) is 1. The Bertz CT molecular complexity index is 1390. The number of aromatic amines is 1. The van der Waals surface area contributed by atoms with Crippen LogP contribution in [0, 0.1) is 5.82 Å². The number of rotatable bonds is 5. The Labute approximate surface area is 225 Å². The maximum absolute atomic E-state index is 13.7. The summed E-state index contributed by atoms with van der Waals surface area (Å²) < 4.78 is 13.3. The average Bonchev–Trinajstić information content (AvgIpc) is 3.51. The highest BCUT2D eigenvalue weighted by atomic mass is 35.5. The van der Waals surface area contributed by atoms with E-state index in [9.17, 15) is 23.9 Å². The molecule has 2 N–H and O–H groups in total. The van der Waals surface area contributed by atoms with Crippen LogP contribution in [-0.4, -0.2) is 86.8 Å². The summed E-state index contributed by atoms with van der Waals surface area (Å²) in [6, 6.07) is 9.56. The number of nitrogens with one attached hydrogen (secondary N) is 1. The normalized spacial score (nSPS) is 22.3. The summed E-state index contributed by atoms with van der Waals surface area (Å²) in [7, 11) is 0. The molecular formula is C28H30ClFN4O4. The van der Waals surface area contributed by atoms with Crippen molar-refractivity contribution in [2.75, 3.05) is 26.2 Å². The minimum atomic E-state index is -0.692. The van der Waals surface area contributed by atoms with Crippen molar-refractivity contribution in [1.29, 1.82) is 0 Å². The van der Waals surface area contributed by atoms with Gasteiger partial charge in [-0.1, -0.05) is 23.7 Å². The molecule has 0 radical (unpaired) electrons. The van der Waals surface area contributed by atoms with Crippen molar-refractivity contribution in [2.24, 2.45) is 0 Å². The van der Waals surface area contributed by atoms with Gasteiger partial charge in [-0.15, -0.1) is 0 Å². The summed E-state index contributed by atoms with van der Waals surface area (Å²) in [5.74, 6) is -1.88. The number of fused-ring (bicyclic) bond motifs is 1. The standard InChI is InChI=1S/C28H30ClFN4O4/c1-16-13-34(17(2)12-33(16)14-18-3-5-19(30)6-4-18)27(37)22-9-21-23(11-31-25(21)10-24(22)29)26(36)28(38)32-8-7-20(35)15-32/h3-6,9-11,16-17,20,31,35H,7-8,12-15H2,1-2H3/t16-,17+,20+/m0/s1. The first-order valence-electron chi connectivity index (χ1n) is 12.7. The third kappa shape index (κ3) is 5.06. The number of amides is 2. The SMILES string of the molecule is C[C@@H]1CN(Cc2ccc(F)cc2)[C@@H](C)CN1C(=O)c1cc2c(C(=O)C(=O)N3CC[C@@H](O)C3)c[nH]c2cc1Cl. The smallest absolute Gasteiger partial charge is 0.295 e. The van der Waals surface area contributed by atoms with E-state index < -0.39 is 17.8 Å². The van der Waals surface area contributed by atoms with Gasteiger partial charge in [0.15, 0.2) is 0 Å². The van der Waals surface area contributed by atoms with Crippen LogP contribution in [0.2, 0.25) is 5.02 Å². The van der Waals surface area contributed by atoms with Gasteiger partial charge in [0.25, 0.3) is 17.6 Å². The summed E-state index contributed by atoms with van der Waals surface area (Å²) in [5.41, 5.74) is 1.99. The summed E-state index contributed by atoms with van der Waals surface area (Å²) in [5, 5.41) is 10.4. The van der Waals surface area contributed by atoms with Crippen LogP contribution in [0.3, 0.4) is 0 Å². The van der Waals surface area contributed by atoms with Gasteiger partial charge in [-0.05, 0) is 50.1 Å². The molecule has 0 saturated carbocycles. The first kappa shape index (κ1) is 26.3. The van der Waals surface area contributed by atoms with Gasteiger partial charge in [-0.25, -0.2) is 4.39 Å². The Morgan fingerprint density at radius 1 is 1.05 bits per heavy atom. The van der Waals surface area contributed by atoms with Gasteiger partial charge in [0, 0.05) is 61.9 Å². The molecule has 2 aliphatic rings. The Morgan fingerprint density at radius 2 is 1.79 bits per heavy atom. The lowest BCUT2D eigenvalue weighted by atomic mass is 10.0. The van der Waals surface area contributed by atoms with Crippen molar-refractivity contribution in [3.63, 3.8) is 0 Å². The lowest BCUT2D eigenvalue weighted by Gasteiger charge is -2.44. The number of halogens is 2. The first-order chi connectivity index (χ1) is 18.1. The molecule has 0 spiro atoms. The monoisotopic (exact) mass is 540 g/mol. The predicted octanol–water partition coefficient (Wildman–Crippen LogP) is 3.47. The zero-order chi connectivity index (χ0) is 27.1. The van der Waals surface area contributed by atoms with Gasteiger partial charge in [0.05, 0.1) is 22.3 Å². The maximum Gasteiger partial charge on any atom is 0.295 e. The second-order valence-electron chi connectivity index (χ2n) is 10.3. The number of carbonyl (C=O) groups is 3. The van der Waals surface area contributed by atoms with Gasteiger partial charge < -0.3 is 19.9 Å². The fraction of sp³-hybridized carbons (Fsp3) is 0.393. The predicted molar refractivity (Wildman–Crippen MR) is 142 cm³/mol. The zero-order valence-electron chi connectivity index (χ0n) is 21.3. The highest BCUT2D eigenvalue weighted by Crippen LogP contribution is 2.30. The molecule has 1 aromatic heterocycles. The van der Waals surface area contributed by atoms with Gasteiger partial charge in [0.1, 0.15) is 5.82 Å². The number of aliphatic hydroxyl groups excluding tert-OH is 1. The zero-order valence-corrected chi connectivity index (χ0v) is 22.0. The third-order valence-corrected chi connectivity index (χ3v) is 7.88. The fourth-order valence-corrected chi connectivity index (χ4v) is 5.60. The van der Waals surface area contributed by atoms with E-state index in [0.29, 0.717) is 43.5 Å². The number of piperazine rings is 1. The third-order valence-electron chi connectivity index (χ3n) is 7.56.